The van der Waals surface area contributed by atoms with Crippen molar-refractivity contribution in [3.63, 3.8) is 0 Å². The fraction of sp³-hybridized carbons (Fsp3) is 0.263. The van der Waals surface area contributed by atoms with Crippen molar-refractivity contribution in [1.82, 2.24) is 15.6 Å². The van der Waals surface area contributed by atoms with Crippen LogP contribution in [0.4, 0.5) is 14.5 Å². The lowest BCUT2D eigenvalue weighted by Gasteiger charge is -2.22. The average Bonchev–Trinajstić information content (AvgIpc) is 2.63. The molecule has 3 N–H and O–H groups in total. The summed E-state index contributed by atoms with van der Waals surface area (Å²) in [4.78, 5) is 16.3. The van der Waals surface area contributed by atoms with E-state index < -0.39 is 11.6 Å². The van der Waals surface area contributed by atoms with Crippen molar-refractivity contribution in [2.45, 2.75) is 12.8 Å². The molecule has 8 heteroatoms. The van der Waals surface area contributed by atoms with Crippen LogP contribution in [0.1, 0.15) is 17.7 Å². The number of anilines is 1. The van der Waals surface area contributed by atoms with E-state index >= 15 is 0 Å². The highest BCUT2D eigenvalue weighted by Gasteiger charge is 2.19. The molecule has 0 saturated heterocycles. The van der Waals surface area contributed by atoms with Gasteiger partial charge in [0.1, 0.15) is 0 Å². The molecule has 2 aromatic rings. The Labute approximate surface area is 160 Å². The maximum Gasteiger partial charge on any atom is 0.250 e. The van der Waals surface area contributed by atoms with Crippen molar-refractivity contribution >= 4 is 23.2 Å². The molecule has 0 unspecified atom stereocenters. The summed E-state index contributed by atoms with van der Waals surface area (Å²) < 4.78 is 26.9. The minimum absolute atomic E-state index is 0.0937. The number of carbonyl (C=O) groups is 1. The molecule has 5 nitrogen and oxygen atoms in total. The molecule has 1 aromatic heterocycles. The number of amides is 1. The molecule has 1 aromatic carbocycles. The fourth-order valence-corrected chi connectivity index (χ4v) is 3.17. The molecular weight excluding hydrogens is 374 g/mol. The molecule has 0 fully saturated rings. The highest BCUT2D eigenvalue weighted by atomic mass is 35.5. The number of hydrogen-bond acceptors (Lipinski definition) is 4. The summed E-state index contributed by atoms with van der Waals surface area (Å²) in [5, 5.41) is 8.84. The van der Waals surface area contributed by atoms with Crippen LogP contribution in [0.25, 0.3) is 0 Å². The number of nitrogens with zero attached hydrogens (tertiary/aromatic N) is 1. The maximum absolute atomic E-state index is 13.5. The van der Waals surface area contributed by atoms with Crippen molar-refractivity contribution < 1.29 is 13.6 Å². The molecule has 1 aliphatic heterocycles. The van der Waals surface area contributed by atoms with Gasteiger partial charge >= 0.3 is 0 Å². The van der Waals surface area contributed by atoms with E-state index in [0.29, 0.717) is 42.8 Å². The Morgan fingerprint density at radius 3 is 2.85 bits per heavy atom. The van der Waals surface area contributed by atoms with Gasteiger partial charge in [0.2, 0.25) is 5.91 Å². The number of hydrogen-bond donors (Lipinski definition) is 3. The van der Waals surface area contributed by atoms with E-state index in [4.69, 9.17) is 11.6 Å². The quantitative estimate of drug-likeness (QED) is 0.661. The number of nitrogens with one attached hydrogen (secondary N) is 3. The minimum atomic E-state index is -1.05. The van der Waals surface area contributed by atoms with E-state index in [9.17, 15) is 13.6 Å². The summed E-state index contributed by atoms with van der Waals surface area (Å²) in [5.74, 6) is -2.13. The van der Waals surface area contributed by atoms with Gasteiger partial charge in [-0.1, -0.05) is 11.6 Å². The highest BCUT2D eigenvalue weighted by Crippen LogP contribution is 2.23. The van der Waals surface area contributed by atoms with Gasteiger partial charge in [0.05, 0.1) is 5.02 Å². The number of aromatic nitrogens is 1. The zero-order chi connectivity index (χ0) is 19.4. The molecule has 0 radical (unpaired) electrons. The molecule has 0 spiro atoms. The van der Waals surface area contributed by atoms with Crippen LogP contribution in [0.2, 0.25) is 5.02 Å². The summed E-state index contributed by atoms with van der Waals surface area (Å²) in [6, 6.07) is 6.10. The van der Waals surface area contributed by atoms with Crippen LogP contribution in [0.5, 0.6) is 0 Å². The third-order valence-corrected chi connectivity index (χ3v) is 4.47. The van der Waals surface area contributed by atoms with Crippen LogP contribution in [0, 0.1) is 11.6 Å². The smallest absolute Gasteiger partial charge is 0.250 e. The van der Waals surface area contributed by atoms with Crippen LogP contribution in [0.3, 0.4) is 0 Å². The zero-order valence-corrected chi connectivity index (χ0v) is 15.5. The van der Waals surface area contributed by atoms with Crippen molar-refractivity contribution in [3.8, 4) is 0 Å². The summed E-state index contributed by atoms with van der Waals surface area (Å²) in [5.41, 5.74) is 3.47. The molecule has 1 amide bonds. The van der Waals surface area contributed by atoms with E-state index in [0.717, 1.165) is 17.5 Å². The second-order valence-corrected chi connectivity index (χ2v) is 6.61. The van der Waals surface area contributed by atoms with Crippen molar-refractivity contribution in [2.75, 3.05) is 25.5 Å². The molecule has 3 rings (SSSR count). The Hall–Kier alpha value is -2.51. The number of likely N-dealkylation sites (N-methyl/N-ethyl adjacent to an activating group) is 1. The van der Waals surface area contributed by atoms with Crippen molar-refractivity contribution in [3.05, 3.63) is 69.6 Å². The van der Waals surface area contributed by atoms with Crippen LogP contribution >= 0.6 is 11.6 Å². The molecule has 2 heterocycles. The Morgan fingerprint density at radius 1 is 1.30 bits per heavy atom. The van der Waals surface area contributed by atoms with Gasteiger partial charge in [0, 0.05) is 54.8 Å². The summed E-state index contributed by atoms with van der Waals surface area (Å²) in [6.45, 7) is 1.03. The van der Waals surface area contributed by atoms with E-state index in [1.165, 1.54) is 6.07 Å². The Bertz CT molecular complexity index is 878. The number of halogens is 3. The first-order valence-electron chi connectivity index (χ1n) is 8.48. The lowest BCUT2D eigenvalue weighted by atomic mass is 10.1. The second-order valence-electron chi connectivity index (χ2n) is 6.20. The Balaban J connectivity index is 1.81. The third kappa shape index (κ3) is 4.61. The summed E-state index contributed by atoms with van der Waals surface area (Å²) in [7, 11) is 1.78. The predicted octanol–water partition coefficient (Wildman–Crippen LogP) is 3.01. The van der Waals surface area contributed by atoms with Crippen LogP contribution in [-0.2, 0) is 11.2 Å². The number of pyridine rings is 1. The van der Waals surface area contributed by atoms with Crippen LogP contribution in [0.15, 0.2) is 41.7 Å². The van der Waals surface area contributed by atoms with E-state index in [-0.39, 0.29) is 10.9 Å². The van der Waals surface area contributed by atoms with E-state index in [1.54, 1.807) is 19.3 Å². The molecule has 0 saturated carbocycles. The Morgan fingerprint density at radius 2 is 2.11 bits per heavy atom. The number of carbonyl (C=O) groups excluding carboxylic acids is 1. The monoisotopic (exact) mass is 392 g/mol. The molecule has 142 valence electrons. The van der Waals surface area contributed by atoms with E-state index in [2.05, 4.69) is 20.9 Å². The zero-order valence-electron chi connectivity index (χ0n) is 14.7. The SMILES string of the molecule is CNCC1=C(Nc2ccnc(Cc3cc(F)c(F)c(Cl)c3)c2)CCNC1=O. The lowest BCUT2D eigenvalue weighted by Crippen LogP contribution is -2.36. The molecule has 0 atom stereocenters. The van der Waals surface area contributed by atoms with Gasteiger partial charge in [-0.15, -0.1) is 0 Å². The third-order valence-electron chi connectivity index (χ3n) is 4.19. The molecule has 0 aliphatic carbocycles. The maximum atomic E-state index is 13.5. The van der Waals surface area contributed by atoms with E-state index in [1.807, 2.05) is 6.07 Å². The molecule has 0 bridgehead atoms. The lowest BCUT2D eigenvalue weighted by molar-refractivity contribution is -0.117. The first-order chi connectivity index (χ1) is 13.0. The van der Waals surface area contributed by atoms with Crippen LogP contribution in [-0.4, -0.2) is 31.0 Å². The highest BCUT2D eigenvalue weighted by molar-refractivity contribution is 6.30. The molecule has 1 aliphatic rings. The van der Waals surface area contributed by atoms with Crippen LogP contribution < -0.4 is 16.0 Å². The number of benzene rings is 1. The summed E-state index contributed by atoms with van der Waals surface area (Å²) in [6.07, 6.45) is 2.62. The van der Waals surface area contributed by atoms with Gasteiger partial charge in [0.15, 0.2) is 11.6 Å². The number of rotatable bonds is 6. The first kappa shape index (κ1) is 19.3. The first-order valence-corrected chi connectivity index (χ1v) is 8.86. The molecule has 27 heavy (non-hydrogen) atoms. The fourth-order valence-electron chi connectivity index (χ4n) is 2.94. The second kappa shape index (κ2) is 8.45. The van der Waals surface area contributed by atoms with Gasteiger partial charge < -0.3 is 16.0 Å². The average molecular weight is 393 g/mol. The molecular formula is C19H19ClF2N4O. The Kier molecular flexibility index (Phi) is 6.03. The topological polar surface area (TPSA) is 66.1 Å². The van der Waals surface area contributed by atoms with Gasteiger partial charge in [-0.05, 0) is 36.9 Å². The van der Waals surface area contributed by atoms with Gasteiger partial charge in [0.25, 0.3) is 0 Å². The standard InChI is InChI=1S/C19H19ClF2N4O/c1-23-10-14-17(3-5-25-19(14)27)26-12-2-4-24-13(9-12)6-11-7-15(20)18(22)16(21)8-11/h2,4,7-9,23H,3,5-6,10H2,1H3,(H,24,26)(H,25,27). The summed E-state index contributed by atoms with van der Waals surface area (Å²) >= 11 is 5.71. The normalized spacial score (nSPS) is 14.3. The van der Waals surface area contributed by atoms with Crippen molar-refractivity contribution in [2.24, 2.45) is 0 Å². The largest absolute Gasteiger partial charge is 0.358 e. The van der Waals surface area contributed by atoms with Gasteiger partial charge in [-0.25, -0.2) is 8.78 Å². The van der Waals surface area contributed by atoms with Crippen molar-refractivity contribution in [1.29, 1.82) is 0 Å². The predicted molar refractivity (Wildman–Crippen MR) is 101 cm³/mol. The van der Waals surface area contributed by atoms with Gasteiger partial charge in [-0.2, -0.15) is 0 Å². The minimum Gasteiger partial charge on any atom is -0.358 e. The van der Waals surface area contributed by atoms with Gasteiger partial charge in [-0.3, -0.25) is 9.78 Å².